The molecule has 0 spiro atoms. The molecule has 6 N–H and O–H groups in total. The summed E-state index contributed by atoms with van der Waals surface area (Å²) in [6.07, 6.45) is 17.1. The van der Waals surface area contributed by atoms with Crippen molar-refractivity contribution in [3.05, 3.63) is 0 Å². The second-order valence-corrected chi connectivity index (χ2v) is 8.98. The molecule has 34 heavy (non-hydrogen) atoms. The zero-order chi connectivity index (χ0) is 25.4. The number of carboxylic acid groups (broad SMARTS) is 1. The Balaban J connectivity index is 4.10. The third-order valence-corrected chi connectivity index (χ3v) is 5.80. The Bertz CT molecular complexity index is 541. The molecule has 0 aromatic heterocycles. The number of guanidine groups is 1. The fourth-order valence-corrected chi connectivity index (χ4v) is 3.84. The maximum atomic E-state index is 12.3. The van der Waals surface area contributed by atoms with Crippen LogP contribution in [0, 0.1) is 0 Å². The number of rotatable bonds is 24. The number of nitrogens with zero attached hydrogens (tertiary/aromatic N) is 2. The number of aliphatic hydroxyl groups excluding tert-OH is 1. The van der Waals surface area contributed by atoms with Crippen LogP contribution in [0.3, 0.4) is 0 Å². The van der Waals surface area contributed by atoms with Gasteiger partial charge in [0, 0.05) is 26.1 Å². The van der Waals surface area contributed by atoms with Crippen molar-refractivity contribution in [1.29, 1.82) is 0 Å². The molecule has 0 radical (unpaired) electrons. The van der Waals surface area contributed by atoms with Gasteiger partial charge in [0.05, 0.1) is 0 Å². The third kappa shape index (κ3) is 19.6. The number of carboxylic acids is 1. The number of hydrogen-bond donors (Lipinski definition) is 4. The lowest BCUT2D eigenvalue weighted by Gasteiger charge is -2.27. The van der Waals surface area contributed by atoms with E-state index in [0.717, 1.165) is 19.3 Å². The minimum atomic E-state index is -1.09. The lowest BCUT2D eigenvalue weighted by molar-refractivity contribution is -0.208. The van der Waals surface area contributed by atoms with Crippen LogP contribution in [0.25, 0.3) is 0 Å². The van der Waals surface area contributed by atoms with E-state index in [4.69, 9.17) is 21.4 Å². The summed E-state index contributed by atoms with van der Waals surface area (Å²) in [5.74, 6) is -1.57. The van der Waals surface area contributed by atoms with Crippen LogP contribution < -0.4 is 11.5 Å². The number of carbonyl (C=O) groups is 2. The molecule has 9 nitrogen and oxygen atoms in total. The van der Waals surface area contributed by atoms with Crippen LogP contribution in [0.15, 0.2) is 4.99 Å². The van der Waals surface area contributed by atoms with Gasteiger partial charge in [-0.1, -0.05) is 84.0 Å². The first kappa shape index (κ1) is 32.1. The van der Waals surface area contributed by atoms with Gasteiger partial charge >= 0.3 is 11.9 Å². The SMILES string of the molecule is CCCCCCCCCCCCCCCC(=O)ON(CCCO)[C@@H](CCCN=C(N)N)C(=O)O. The van der Waals surface area contributed by atoms with Crippen molar-refractivity contribution in [2.75, 3.05) is 19.7 Å². The topological polar surface area (TPSA) is 151 Å². The molecule has 0 rings (SSSR count). The first-order valence-electron chi connectivity index (χ1n) is 13.3. The molecule has 0 unspecified atom stereocenters. The second-order valence-electron chi connectivity index (χ2n) is 8.98. The van der Waals surface area contributed by atoms with Crippen molar-refractivity contribution in [2.45, 2.75) is 122 Å². The van der Waals surface area contributed by atoms with Crippen LogP contribution in [0.5, 0.6) is 0 Å². The number of aliphatic carboxylic acids is 1. The number of hydrogen-bond acceptors (Lipinski definition) is 6. The van der Waals surface area contributed by atoms with Crippen molar-refractivity contribution in [1.82, 2.24) is 5.06 Å². The molecule has 0 saturated carbocycles. The monoisotopic (exact) mass is 486 g/mol. The fraction of sp³-hybridized carbons (Fsp3) is 0.880. The zero-order valence-corrected chi connectivity index (χ0v) is 21.4. The van der Waals surface area contributed by atoms with Crippen LogP contribution in [-0.4, -0.2) is 58.9 Å². The van der Waals surface area contributed by atoms with Gasteiger partial charge in [0.25, 0.3) is 0 Å². The van der Waals surface area contributed by atoms with Crippen molar-refractivity contribution in [3.63, 3.8) is 0 Å². The van der Waals surface area contributed by atoms with Crippen molar-refractivity contribution < 1.29 is 24.6 Å². The van der Waals surface area contributed by atoms with E-state index in [1.807, 2.05) is 0 Å². The minimum absolute atomic E-state index is 0.0479. The van der Waals surface area contributed by atoms with E-state index in [2.05, 4.69) is 11.9 Å². The van der Waals surface area contributed by atoms with E-state index in [-0.39, 0.29) is 32.0 Å². The normalized spacial score (nSPS) is 12.0. The van der Waals surface area contributed by atoms with Crippen molar-refractivity contribution in [3.8, 4) is 0 Å². The summed E-state index contributed by atoms with van der Waals surface area (Å²) in [5.41, 5.74) is 10.6. The summed E-state index contributed by atoms with van der Waals surface area (Å²) in [7, 11) is 0. The quantitative estimate of drug-likeness (QED) is 0.0688. The van der Waals surface area contributed by atoms with E-state index in [1.54, 1.807) is 0 Å². The van der Waals surface area contributed by atoms with Crippen LogP contribution in [0.4, 0.5) is 0 Å². The molecule has 0 aliphatic carbocycles. The molecule has 0 fully saturated rings. The van der Waals surface area contributed by atoms with Gasteiger partial charge in [-0.05, 0) is 25.7 Å². The minimum Gasteiger partial charge on any atom is -0.480 e. The predicted molar refractivity (Wildman–Crippen MR) is 136 cm³/mol. The lowest BCUT2D eigenvalue weighted by Crippen LogP contribution is -2.43. The summed E-state index contributed by atoms with van der Waals surface area (Å²) >= 11 is 0. The molecule has 0 aromatic rings. The smallest absolute Gasteiger partial charge is 0.325 e. The standard InChI is InChI=1S/C25H50N4O5/c1-2-3-4-5-6-7-8-9-10-11-12-13-14-18-23(31)34-29(20-16-21-30)22(24(32)33)17-15-19-28-25(26)27/h22,30H,2-21H2,1H3,(H,32,33)(H4,26,27,28)/t22-/m0/s1. The predicted octanol–water partition coefficient (Wildman–Crippen LogP) is 4.12. The Hall–Kier alpha value is -1.87. The van der Waals surface area contributed by atoms with Gasteiger partial charge in [0.2, 0.25) is 0 Å². The van der Waals surface area contributed by atoms with E-state index in [1.165, 1.54) is 69.3 Å². The van der Waals surface area contributed by atoms with Gasteiger partial charge in [-0.3, -0.25) is 14.6 Å². The van der Waals surface area contributed by atoms with Crippen LogP contribution in [0.2, 0.25) is 0 Å². The van der Waals surface area contributed by atoms with E-state index >= 15 is 0 Å². The molecule has 0 aliphatic rings. The molecule has 0 amide bonds. The van der Waals surface area contributed by atoms with Crippen LogP contribution in [-0.2, 0) is 14.4 Å². The Morgan fingerprint density at radius 2 is 1.38 bits per heavy atom. The lowest BCUT2D eigenvalue weighted by atomic mass is 10.0. The number of aliphatic hydroxyl groups is 1. The van der Waals surface area contributed by atoms with Gasteiger partial charge in [-0.15, -0.1) is 5.06 Å². The highest BCUT2D eigenvalue weighted by Gasteiger charge is 2.28. The molecule has 200 valence electrons. The van der Waals surface area contributed by atoms with E-state index in [0.29, 0.717) is 19.4 Å². The summed E-state index contributed by atoms with van der Waals surface area (Å²) in [6.45, 7) is 2.58. The Labute approximate surface area is 206 Å². The molecular weight excluding hydrogens is 436 g/mol. The zero-order valence-electron chi connectivity index (χ0n) is 21.4. The van der Waals surface area contributed by atoms with Crippen LogP contribution in [0.1, 0.15) is 116 Å². The highest BCUT2D eigenvalue weighted by Crippen LogP contribution is 2.15. The van der Waals surface area contributed by atoms with Gasteiger partial charge in [-0.2, -0.15) is 0 Å². The highest BCUT2D eigenvalue weighted by molar-refractivity contribution is 5.75. The van der Waals surface area contributed by atoms with Gasteiger partial charge in [0.1, 0.15) is 6.04 Å². The number of aliphatic imine (C=N–C) groups is 1. The highest BCUT2D eigenvalue weighted by atomic mass is 16.7. The number of nitrogens with two attached hydrogens (primary N) is 2. The van der Waals surface area contributed by atoms with Crippen molar-refractivity contribution >= 4 is 17.9 Å². The molecule has 0 aliphatic heterocycles. The largest absolute Gasteiger partial charge is 0.480 e. The molecule has 1 atom stereocenters. The Morgan fingerprint density at radius 3 is 1.85 bits per heavy atom. The molecule has 9 heteroatoms. The first-order valence-corrected chi connectivity index (χ1v) is 13.3. The van der Waals surface area contributed by atoms with E-state index < -0.39 is 18.0 Å². The summed E-state index contributed by atoms with van der Waals surface area (Å²) in [5, 5.41) is 19.9. The van der Waals surface area contributed by atoms with E-state index in [9.17, 15) is 14.7 Å². The van der Waals surface area contributed by atoms with Gasteiger partial charge < -0.3 is 26.5 Å². The average Bonchev–Trinajstić information content (AvgIpc) is 2.79. The molecule has 0 aromatic carbocycles. The maximum absolute atomic E-state index is 12.3. The maximum Gasteiger partial charge on any atom is 0.325 e. The number of carbonyl (C=O) groups excluding carboxylic acids is 1. The molecule has 0 bridgehead atoms. The number of hydroxylamine groups is 2. The summed E-state index contributed by atoms with van der Waals surface area (Å²) < 4.78 is 0. The third-order valence-electron chi connectivity index (χ3n) is 5.80. The molecular formula is C25H50N4O5. The van der Waals surface area contributed by atoms with Crippen molar-refractivity contribution in [2.24, 2.45) is 16.5 Å². The van der Waals surface area contributed by atoms with Gasteiger partial charge in [0.15, 0.2) is 5.96 Å². The Kier molecular flexibility index (Phi) is 21.6. The number of unbranched alkanes of at least 4 members (excludes halogenated alkanes) is 12. The fourth-order valence-electron chi connectivity index (χ4n) is 3.84. The molecule has 0 saturated heterocycles. The first-order chi connectivity index (χ1) is 16.4. The summed E-state index contributed by atoms with van der Waals surface area (Å²) in [4.78, 5) is 33.2. The van der Waals surface area contributed by atoms with Gasteiger partial charge in [-0.25, -0.2) is 0 Å². The average molecular weight is 487 g/mol. The van der Waals surface area contributed by atoms with Crippen LogP contribution >= 0.6 is 0 Å². The summed E-state index contributed by atoms with van der Waals surface area (Å²) in [6, 6.07) is -1.00. The second kappa shape index (κ2) is 22.9. The Morgan fingerprint density at radius 1 is 0.853 bits per heavy atom. The molecule has 0 heterocycles.